The maximum Gasteiger partial charge on any atom is 0.0541 e. The van der Waals surface area contributed by atoms with E-state index in [-0.39, 0.29) is 0 Å². The fourth-order valence-electron chi connectivity index (χ4n) is 13.0. The normalized spacial score (nSPS) is 12.1. The third kappa shape index (κ3) is 8.93. The Balaban J connectivity index is 0.735. The molecule has 400 valence electrons. The number of fused-ring (bicyclic) bond motifs is 9. The SMILES string of the molecule is C/C=C(\C=C/Cc1ccc(-c2cc(-c3ccc(-c4ccc(-n5c6ccccc6c6ccccc65)cc4)cc3)cc(-c3ccc(-c4ccc(-n5c6ccccc6c6cc(C)ccc65)cc4)cc3)c2)cc1)n1c2ccc(C)cc2c2cc(C)ccc21. The lowest BCUT2D eigenvalue weighted by molar-refractivity contribution is 1.18. The van der Waals surface area contributed by atoms with Crippen molar-refractivity contribution >= 4 is 71.1 Å². The standard InChI is InChI=1S/C81H61N3/c1-5-67(82-80-45-22-54(3)48-74(80)75-49-55(4)23-46-81(75)82)14-12-13-56-24-26-61(27-25-56)64-50-65(62-32-28-57(29-33-62)59-36-40-68(41-37-59)83-76-18-9-6-15-70(76)71-16-7-10-19-77(71)83)52-66(51-64)63-34-30-58(31-35-63)60-38-42-69(43-39-60)84-78-20-11-8-17-72(78)73-47-53(2)21-44-79(73)84/h5-12,14-52H,13H2,1-4H3/b14-12-,67-5+. The summed E-state index contributed by atoms with van der Waals surface area (Å²) < 4.78 is 7.17. The highest BCUT2D eigenvalue weighted by atomic mass is 15.0. The van der Waals surface area contributed by atoms with Crippen molar-refractivity contribution in [2.45, 2.75) is 34.1 Å². The summed E-state index contributed by atoms with van der Waals surface area (Å²) >= 11 is 0. The molecular weight excluding hydrogens is 1010 g/mol. The largest absolute Gasteiger partial charge is 0.310 e. The third-order valence-corrected chi connectivity index (χ3v) is 17.3. The van der Waals surface area contributed by atoms with Gasteiger partial charge in [-0.1, -0.05) is 199 Å². The molecule has 0 N–H and O–H groups in total. The number of aromatic nitrogens is 3. The molecule has 0 bridgehead atoms. The van der Waals surface area contributed by atoms with Crippen LogP contribution in [0.3, 0.4) is 0 Å². The number of allylic oxidation sites excluding steroid dienone is 4. The number of benzene rings is 12. The van der Waals surface area contributed by atoms with Crippen molar-refractivity contribution < 1.29 is 0 Å². The Morgan fingerprint density at radius 1 is 0.298 bits per heavy atom. The molecule has 0 spiro atoms. The highest BCUT2D eigenvalue weighted by Gasteiger charge is 2.17. The first kappa shape index (κ1) is 50.5. The molecular formula is C81H61N3. The summed E-state index contributed by atoms with van der Waals surface area (Å²) in [7, 11) is 0. The smallest absolute Gasteiger partial charge is 0.0541 e. The minimum absolute atomic E-state index is 0.822. The van der Waals surface area contributed by atoms with Gasteiger partial charge in [-0.25, -0.2) is 0 Å². The zero-order valence-corrected chi connectivity index (χ0v) is 47.7. The second-order valence-electron chi connectivity index (χ2n) is 22.7. The summed E-state index contributed by atoms with van der Waals surface area (Å²) in [6.07, 6.45) is 7.63. The Kier molecular flexibility index (Phi) is 12.5. The molecule has 12 aromatic carbocycles. The first-order chi connectivity index (χ1) is 41.3. The first-order valence-corrected chi connectivity index (χ1v) is 29.3. The fraction of sp³-hybridized carbons (Fsp3) is 0.0617. The van der Waals surface area contributed by atoms with E-state index in [0.29, 0.717) is 0 Å². The highest BCUT2D eigenvalue weighted by molar-refractivity contribution is 6.12. The van der Waals surface area contributed by atoms with Gasteiger partial charge in [-0.2, -0.15) is 0 Å². The van der Waals surface area contributed by atoms with Crippen LogP contribution in [0.25, 0.3) is 138 Å². The average Bonchev–Trinajstić information content (AvgIpc) is 1.99. The highest BCUT2D eigenvalue weighted by Crippen LogP contribution is 2.39. The predicted octanol–water partition coefficient (Wildman–Crippen LogP) is 21.9. The lowest BCUT2D eigenvalue weighted by atomic mass is 9.91. The van der Waals surface area contributed by atoms with Gasteiger partial charge < -0.3 is 13.7 Å². The molecule has 15 rings (SSSR count). The molecule has 0 fully saturated rings. The molecule has 0 saturated heterocycles. The van der Waals surface area contributed by atoms with Crippen LogP contribution in [0.5, 0.6) is 0 Å². The van der Waals surface area contributed by atoms with E-state index in [2.05, 4.69) is 327 Å². The van der Waals surface area contributed by atoms with Gasteiger partial charge in [0.25, 0.3) is 0 Å². The van der Waals surface area contributed by atoms with Crippen LogP contribution < -0.4 is 0 Å². The molecule has 0 radical (unpaired) electrons. The van der Waals surface area contributed by atoms with Gasteiger partial charge in [0.05, 0.1) is 33.1 Å². The van der Waals surface area contributed by atoms with Gasteiger partial charge in [0, 0.05) is 49.4 Å². The van der Waals surface area contributed by atoms with E-state index in [1.165, 1.54) is 149 Å². The first-order valence-electron chi connectivity index (χ1n) is 29.3. The van der Waals surface area contributed by atoms with E-state index < -0.39 is 0 Å². The van der Waals surface area contributed by atoms with Gasteiger partial charge in [-0.05, 0) is 198 Å². The van der Waals surface area contributed by atoms with E-state index in [1.807, 2.05) is 0 Å². The van der Waals surface area contributed by atoms with Gasteiger partial charge in [0.1, 0.15) is 0 Å². The van der Waals surface area contributed by atoms with Crippen molar-refractivity contribution in [3.8, 4) is 67.0 Å². The van der Waals surface area contributed by atoms with E-state index >= 15 is 0 Å². The van der Waals surface area contributed by atoms with Crippen LogP contribution in [0, 0.1) is 20.8 Å². The van der Waals surface area contributed by atoms with Crippen LogP contribution in [-0.2, 0) is 6.42 Å². The third-order valence-electron chi connectivity index (χ3n) is 17.3. The van der Waals surface area contributed by atoms with Crippen molar-refractivity contribution in [2.75, 3.05) is 0 Å². The quantitative estimate of drug-likeness (QED) is 0.115. The lowest BCUT2D eigenvalue weighted by Crippen LogP contribution is -1.94. The number of rotatable bonds is 11. The molecule has 3 nitrogen and oxygen atoms in total. The molecule has 0 aliphatic rings. The molecule has 3 heteroatoms. The number of aryl methyl sites for hydroxylation is 3. The molecule has 0 amide bonds. The Labute approximate surface area is 490 Å². The summed E-state index contributed by atoms with van der Waals surface area (Å²) in [5.41, 5.74) is 27.7. The minimum Gasteiger partial charge on any atom is -0.310 e. The van der Waals surface area contributed by atoms with Crippen LogP contribution in [0.2, 0.25) is 0 Å². The van der Waals surface area contributed by atoms with Crippen molar-refractivity contribution in [2.24, 2.45) is 0 Å². The second-order valence-corrected chi connectivity index (χ2v) is 22.7. The van der Waals surface area contributed by atoms with Gasteiger partial charge in [-0.15, -0.1) is 0 Å². The van der Waals surface area contributed by atoms with E-state index in [4.69, 9.17) is 0 Å². The Morgan fingerprint density at radius 2 is 0.607 bits per heavy atom. The monoisotopic (exact) mass is 1080 g/mol. The Bertz CT molecular complexity index is 4970. The summed E-state index contributed by atoms with van der Waals surface area (Å²) in [6.45, 7) is 8.66. The van der Waals surface area contributed by atoms with Crippen LogP contribution in [0.1, 0.15) is 29.2 Å². The molecule has 3 aromatic heterocycles. The fourth-order valence-corrected chi connectivity index (χ4v) is 13.0. The molecule has 0 unspecified atom stereocenters. The molecule has 0 saturated carbocycles. The summed E-state index contributed by atoms with van der Waals surface area (Å²) in [5.74, 6) is 0. The van der Waals surface area contributed by atoms with E-state index in [0.717, 1.165) is 17.8 Å². The van der Waals surface area contributed by atoms with Gasteiger partial charge >= 0.3 is 0 Å². The van der Waals surface area contributed by atoms with Crippen LogP contribution in [-0.4, -0.2) is 13.7 Å². The number of hydrogen-bond donors (Lipinski definition) is 0. The topological polar surface area (TPSA) is 14.8 Å². The van der Waals surface area contributed by atoms with Crippen LogP contribution >= 0.6 is 0 Å². The Morgan fingerprint density at radius 3 is 1.00 bits per heavy atom. The van der Waals surface area contributed by atoms with Crippen molar-refractivity contribution in [3.63, 3.8) is 0 Å². The molecule has 84 heavy (non-hydrogen) atoms. The summed E-state index contributed by atoms with van der Waals surface area (Å²) in [5, 5.41) is 7.69. The van der Waals surface area contributed by atoms with Gasteiger partial charge in [0.15, 0.2) is 0 Å². The maximum atomic E-state index is 2.41. The van der Waals surface area contributed by atoms with E-state index in [9.17, 15) is 0 Å². The predicted molar refractivity (Wildman–Crippen MR) is 359 cm³/mol. The summed E-state index contributed by atoms with van der Waals surface area (Å²) in [4.78, 5) is 0. The van der Waals surface area contributed by atoms with Gasteiger partial charge in [0.2, 0.25) is 0 Å². The minimum atomic E-state index is 0.822. The zero-order chi connectivity index (χ0) is 56.4. The van der Waals surface area contributed by atoms with Crippen molar-refractivity contribution in [1.29, 1.82) is 0 Å². The van der Waals surface area contributed by atoms with Crippen molar-refractivity contribution in [1.82, 2.24) is 13.7 Å². The zero-order valence-electron chi connectivity index (χ0n) is 47.7. The lowest BCUT2D eigenvalue weighted by Gasteiger charge is -2.13. The molecule has 3 heterocycles. The average molecular weight is 1080 g/mol. The van der Waals surface area contributed by atoms with Gasteiger partial charge in [-0.3, -0.25) is 0 Å². The molecule has 0 aliphatic carbocycles. The molecule has 15 aromatic rings. The van der Waals surface area contributed by atoms with Crippen LogP contribution in [0.4, 0.5) is 0 Å². The van der Waals surface area contributed by atoms with Crippen molar-refractivity contribution in [3.05, 3.63) is 307 Å². The van der Waals surface area contributed by atoms with Crippen LogP contribution in [0.15, 0.2) is 285 Å². The van der Waals surface area contributed by atoms with E-state index in [1.54, 1.807) is 0 Å². The number of nitrogens with zero attached hydrogens (tertiary/aromatic N) is 3. The Hall–Kier alpha value is -10.5. The molecule has 0 atom stereocenters. The maximum absolute atomic E-state index is 2.41. The number of para-hydroxylation sites is 3. The summed E-state index contributed by atoms with van der Waals surface area (Å²) in [6, 6.07) is 99.0. The molecule has 0 aliphatic heterocycles. The second kappa shape index (κ2) is 20.8. The number of hydrogen-bond acceptors (Lipinski definition) is 0.